The van der Waals surface area contributed by atoms with Crippen molar-refractivity contribution in [2.24, 2.45) is 5.73 Å². The molecule has 1 rings (SSSR count). The summed E-state index contributed by atoms with van der Waals surface area (Å²) in [4.78, 5) is 0. The highest BCUT2D eigenvalue weighted by Gasteiger charge is 2.14. The Balaban J connectivity index is 0.00000196. The monoisotopic (exact) mass is 239 g/mol. The van der Waals surface area contributed by atoms with Crippen LogP contribution < -0.4 is 5.73 Å². The largest absolute Gasteiger partial charge is 0.324 e. The second-order valence-electron chi connectivity index (χ2n) is 3.23. The zero-order chi connectivity index (χ0) is 10.7. The van der Waals surface area contributed by atoms with E-state index >= 15 is 0 Å². The summed E-state index contributed by atoms with van der Waals surface area (Å²) < 4.78 is 36.7. The van der Waals surface area contributed by atoms with E-state index in [1.807, 2.05) is 0 Å². The lowest BCUT2D eigenvalue weighted by molar-refractivity contribution is 0.128. The van der Waals surface area contributed by atoms with Crippen LogP contribution in [0.15, 0.2) is 18.2 Å². The van der Waals surface area contributed by atoms with Gasteiger partial charge in [0.2, 0.25) is 6.43 Å². The molecule has 0 bridgehead atoms. The van der Waals surface area contributed by atoms with Gasteiger partial charge in [-0.3, -0.25) is 0 Å². The Bertz CT molecular complexity index is 318. The van der Waals surface area contributed by atoms with Crippen LogP contribution in [-0.2, 0) is 0 Å². The van der Waals surface area contributed by atoms with E-state index in [0.29, 0.717) is 11.1 Å². The minimum absolute atomic E-state index is 0. The Morgan fingerprint density at radius 2 is 1.93 bits per heavy atom. The van der Waals surface area contributed by atoms with Gasteiger partial charge in [0.05, 0.1) is 0 Å². The molecule has 0 aliphatic rings. The van der Waals surface area contributed by atoms with Gasteiger partial charge in [0, 0.05) is 12.5 Å². The number of hydrogen-bond acceptors (Lipinski definition) is 1. The molecule has 1 nitrogen and oxygen atoms in total. The number of rotatable bonds is 3. The van der Waals surface area contributed by atoms with Crippen LogP contribution in [0.5, 0.6) is 0 Å². The summed E-state index contributed by atoms with van der Waals surface area (Å²) in [5.41, 5.74) is 6.73. The number of hydrogen-bond donors (Lipinski definition) is 1. The molecule has 0 aliphatic heterocycles. The Morgan fingerprint density at radius 1 is 1.33 bits per heavy atom. The molecule has 1 atom stereocenters. The molecule has 0 aliphatic carbocycles. The first kappa shape index (κ1) is 14.3. The average Bonchev–Trinajstić information content (AvgIpc) is 2.01. The predicted molar refractivity (Wildman–Crippen MR) is 55.9 cm³/mol. The molecule has 15 heavy (non-hydrogen) atoms. The van der Waals surface area contributed by atoms with E-state index in [-0.39, 0.29) is 18.2 Å². The maximum absolute atomic E-state index is 12.7. The highest BCUT2D eigenvalue weighted by atomic mass is 35.5. The molecule has 5 heteroatoms. The normalized spacial score (nSPS) is 12.4. The van der Waals surface area contributed by atoms with Gasteiger partial charge in [-0.15, -0.1) is 12.4 Å². The summed E-state index contributed by atoms with van der Waals surface area (Å²) in [6.45, 7) is 1.66. The second kappa shape index (κ2) is 5.98. The number of nitrogens with two attached hydrogens (primary N) is 1. The Kier molecular flexibility index (Phi) is 5.68. The number of benzene rings is 1. The smallest absolute Gasteiger partial charge is 0.240 e. The van der Waals surface area contributed by atoms with Crippen LogP contribution >= 0.6 is 12.4 Å². The van der Waals surface area contributed by atoms with Gasteiger partial charge in [-0.25, -0.2) is 13.2 Å². The van der Waals surface area contributed by atoms with E-state index < -0.39 is 18.9 Å². The van der Waals surface area contributed by atoms with Crippen LogP contribution in [0.3, 0.4) is 0 Å². The molecular weight excluding hydrogens is 227 g/mol. The third kappa shape index (κ3) is 4.10. The van der Waals surface area contributed by atoms with Crippen LogP contribution in [-0.4, -0.2) is 6.43 Å². The van der Waals surface area contributed by atoms with Crippen molar-refractivity contribution < 1.29 is 13.2 Å². The lowest BCUT2D eigenvalue weighted by Crippen LogP contribution is -2.15. The molecule has 0 amide bonds. The summed E-state index contributed by atoms with van der Waals surface area (Å²) in [7, 11) is 0. The fourth-order valence-electron chi connectivity index (χ4n) is 1.37. The summed E-state index contributed by atoms with van der Waals surface area (Å²) in [6, 6.07) is 3.25. The van der Waals surface area contributed by atoms with Gasteiger partial charge in [-0.2, -0.15) is 0 Å². The van der Waals surface area contributed by atoms with Crippen molar-refractivity contribution in [1.82, 2.24) is 0 Å². The molecule has 2 N–H and O–H groups in total. The fraction of sp³-hybridized carbons (Fsp3) is 0.400. The summed E-state index contributed by atoms with van der Waals surface area (Å²) in [5.74, 6) is -0.379. The molecule has 0 saturated carbocycles. The first-order valence-electron chi connectivity index (χ1n) is 4.30. The molecule has 1 aromatic rings. The standard InChI is InChI=1S/C10H12F3N.ClH/c1-6-4-7(11)2-3-8(6)9(14)5-10(12)13;/h2-4,9-10H,5,14H2,1H3;1H/t9-;/m0./s1. The molecule has 0 saturated heterocycles. The van der Waals surface area contributed by atoms with Crippen LogP contribution in [0, 0.1) is 12.7 Å². The molecule has 0 radical (unpaired) electrons. The third-order valence-electron chi connectivity index (χ3n) is 2.06. The lowest BCUT2D eigenvalue weighted by Gasteiger charge is -2.13. The van der Waals surface area contributed by atoms with Crippen molar-refractivity contribution in [3.05, 3.63) is 35.1 Å². The lowest BCUT2D eigenvalue weighted by atomic mass is 10.00. The van der Waals surface area contributed by atoms with Crippen LogP contribution in [0.25, 0.3) is 0 Å². The van der Waals surface area contributed by atoms with E-state index in [9.17, 15) is 13.2 Å². The van der Waals surface area contributed by atoms with Crippen molar-refractivity contribution in [3.63, 3.8) is 0 Å². The van der Waals surface area contributed by atoms with Gasteiger partial charge in [-0.05, 0) is 30.2 Å². The van der Waals surface area contributed by atoms with Crippen LogP contribution in [0.1, 0.15) is 23.6 Å². The average molecular weight is 240 g/mol. The number of halogens is 4. The summed E-state index contributed by atoms with van der Waals surface area (Å²) >= 11 is 0. The second-order valence-corrected chi connectivity index (χ2v) is 3.23. The molecule has 0 unspecified atom stereocenters. The van der Waals surface area contributed by atoms with Crippen molar-refractivity contribution in [3.8, 4) is 0 Å². The van der Waals surface area contributed by atoms with E-state index in [1.54, 1.807) is 6.92 Å². The minimum atomic E-state index is -2.44. The van der Waals surface area contributed by atoms with Crippen LogP contribution in [0.4, 0.5) is 13.2 Å². The zero-order valence-electron chi connectivity index (χ0n) is 8.21. The number of alkyl halides is 2. The first-order chi connectivity index (χ1) is 6.50. The van der Waals surface area contributed by atoms with Gasteiger partial charge < -0.3 is 5.73 Å². The quantitative estimate of drug-likeness (QED) is 0.861. The van der Waals surface area contributed by atoms with E-state index in [4.69, 9.17) is 5.73 Å². The Morgan fingerprint density at radius 3 is 2.40 bits per heavy atom. The van der Waals surface area contributed by atoms with Gasteiger partial charge >= 0.3 is 0 Å². The van der Waals surface area contributed by atoms with E-state index in [1.165, 1.54) is 18.2 Å². The highest BCUT2D eigenvalue weighted by molar-refractivity contribution is 5.85. The highest BCUT2D eigenvalue weighted by Crippen LogP contribution is 2.21. The Hall–Kier alpha value is -0.740. The van der Waals surface area contributed by atoms with Gasteiger partial charge in [0.1, 0.15) is 5.82 Å². The molecule has 86 valence electrons. The number of aryl methyl sites for hydroxylation is 1. The first-order valence-corrected chi connectivity index (χ1v) is 4.30. The van der Waals surface area contributed by atoms with Crippen molar-refractivity contribution in [2.75, 3.05) is 0 Å². The zero-order valence-corrected chi connectivity index (χ0v) is 9.03. The summed E-state index contributed by atoms with van der Waals surface area (Å²) in [5, 5.41) is 0. The van der Waals surface area contributed by atoms with Crippen molar-refractivity contribution in [1.29, 1.82) is 0 Å². The maximum atomic E-state index is 12.7. The molecule has 0 fully saturated rings. The molecule has 0 aromatic heterocycles. The topological polar surface area (TPSA) is 26.0 Å². The van der Waals surface area contributed by atoms with Gasteiger partial charge in [-0.1, -0.05) is 6.07 Å². The van der Waals surface area contributed by atoms with Crippen LogP contribution in [0.2, 0.25) is 0 Å². The van der Waals surface area contributed by atoms with Gasteiger partial charge in [0.15, 0.2) is 0 Å². The SMILES string of the molecule is Cc1cc(F)ccc1[C@@H](N)CC(F)F.Cl. The van der Waals surface area contributed by atoms with Crippen molar-refractivity contribution in [2.45, 2.75) is 25.8 Å². The summed E-state index contributed by atoms with van der Waals surface area (Å²) in [6.07, 6.45) is -2.83. The fourth-order valence-corrected chi connectivity index (χ4v) is 1.37. The minimum Gasteiger partial charge on any atom is -0.324 e. The third-order valence-corrected chi connectivity index (χ3v) is 2.06. The van der Waals surface area contributed by atoms with E-state index in [2.05, 4.69) is 0 Å². The molecule has 0 heterocycles. The van der Waals surface area contributed by atoms with E-state index in [0.717, 1.165) is 0 Å². The predicted octanol–water partition coefficient (Wildman–Crippen LogP) is 3.21. The maximum Gasteiger partial charge on any atom is 0.240 e. The van der Waals surface area contributed by atoms with Crippen molar-refractivity contribution >= 4 is 12.4 Å². The van der Waals surface area contributed by atoms with Gasteiger partial charge in [0.25, 0.3) is 0 Å². The molecule has 0 spiro atoms. The molecular formula is C10H13ClF3N. The molecule has 1 aromatic carbocycles. The Labute approximate surface area is 92.9 Å².